The quantitative estimate of drug-likeness (QED) is 0.829. The molecule has 1 aromatic heterocycles. The molecule has 0 saturated heterocycles. The second-order valence-corrected chi connectivity index (χ2v) is 7.07. The first-order valence-corrected chi connectivity index (χ1v) is 8.68. The zero-order valence-corrected chi connectivity index (χ0v) is 13.0. The molecule has 0 radical (unpaired) electrons. The van der Waals surface area contributed by atoms with Crippen molar-refractivity contribution >= 4 is 33.0 Å². The SMILES string of the molecule is CCOC(=O)Cc1ccc(NS(=O)(=O)c2cccs2)cc1. The van der Waals surface area contributed by atoms with E-state index >= 15 is 0 Å². The van der Waals surface area contributed by atoms with Gasteiger partial charge in [0.05, 0.1) is 13.0 Å². The van der Waals surface area contributed by atoms with Crippen LogP contribution in [-0.4, -0.2) is 21.0 Å². The van der Waals surface area contributed by atoms with Crippen molar-refractivity contribution in [3.05, 3.63) is 47.3 Å². The fourth-order valence-corrected chi connectivity index (χ4v) is 3.74. The van der Waals surface area contributed by atoms with Gasteiger partial charge in [-0.15, -0.1) is 11.3 Å². The fourth-order valence-electron chi connectivity index (χ4n) is 1.69. The molecule has 0 spiro atoms. The molecule has 7 heteroatoms. The monoisotopic (exact) mass is 325 g/mol. The minimum atomic E-state index is -3.54. The summed E-state index contributed by atoms with van der Waals surface area (Å²) in [6.07, 6.45) is 0.172. The Labute approximate surface area is 127 Å². The number of thiophene rings is 1. The molecule has 5 nitrogen and oxygen atoms in total. The van der Waals surface area contributed by atoms with Crippen LogP contribution in [0.3, 0.4) is 0 Å². The standard InChI is InChI=1S/C14H15NO4S2/c1-2-19-13(16)10-11-5-7-12(8-6-11)15-21(17,18)14-4-3-9-20-14/h3-9,15H,2,10H2,1H3. The minimum Gasteiger partial charge on any atom is -0.466 e. The van der Waals surface area contributed by atoms with Crippen LogP contribution >= 0.6 is 11.3 Å². The molecule has 0 aliphatic heterocycles. The number of carbonyl (C=O) groups is 1. The van der Waals surface area contributed by atoms with Crippen LogP contribution in [0.2, 0.25) is 0 Å². The van der Waals surface area contributed by atoms with Gasteiger partial charge in [-0.05, 0) is 36.1 Å². The summed E-state index contributed by atoms with van der Waals surface area (Å²) < 4.78 is 31.7. The summed E-state index contributed by atoms with van der Waals surface area (Å²) in [7, 11) is -3.54. The van der Waals surface area contributed by atoms with Gasteiger partial charge in [-0.3, -0.25) is 9.52 Å². The van der Waals surface area contributed by atoms with Crippen LogP contribution in [0.25, 0.3) is 0 Å². The molecule has 0 bridgehead atoms. The van der Waals surface area contributed by atoms with Crippen LogP contribution in [0.5, 0.6) is 0 Å². The number of esters is 1. The van der Waals surface area contributed by atoms with Crippen LogP contribution in [-0.2, 0) is 26.0 Å². The minimum absolute atomic E-state index is 0.172. The molecule has 0 fully saturated rings. The Bertz CT molecular complexity index is 691. The first-order chi connectivity index (χ1) is 10.0. The summed E-state index contributed by atoms with van der Waals surface area (Å²) in [6.45, 7) is 2.10. The van der Waals surface area contributed by atoms with Gasteiger partial charge in [0, 0.05) is 5.69 Å². The number of hydrogen-bond donors (Lipinski definition) is 1. The number of carbonyl (C=O) groups excluding carboxylic acids is 1. The van der Waals surface area contributed by atoms with E-state index in [2.05, 4.69) is 4.72 Å². The lowest BCUT2D eigenvalue weighted by Gasteiger charge is -2.07. The highest BCUT2D eigenvalue weighted by atomic mass is 32.2. The number of benzene rings is 1. The van der Waals surface area contributed by atoms with Crippen molar-refractivity contribution in [3.8, 4) is 0 Å². The zero-order chi connectivity index (χ0) is 15.3. The Morgan fingerprint density at radius 1 is 1.24 bits per heavy atom. The molecule has 0 aliphatic rings. The van der Waals surface area contributed by atoms with E-state index < -0.39 is 10.0 Å². The van der Waals surface area contributed by atoms with Crippen molar-refractivity contribution in [1.82, 2.24) is 0 Å². The van der Waals surface area contributed by atoms with Crippen LogP contribution in [0.15, 0.2) is 46.0 Å². The number of nitrogens with one attached hydrogen (secondary N) is 1. The van der Waals surface area contributed by atoms with Gasteiger partial charge in [0.1, 0.15) is 4.21 Å². The zero-order valence-electron chi connectivity index (χ0n) is 11.4. The molecule has 0 amide bonds. The number of hydrogen-bond acceptors (Lipinski definition) is 5. The number of rotatable bonds is 6. The second kappa shape index (κ2) is 6.73. The Hall–Kier alpha value is -1.86. The molecule has 1 N–H and O–H groups in total. The first-order valence-electron chi connectivity index (χ1n) is 6.32. The summed E-state index contributed by atoms with van der Waals surface area (Å²) >= 11 is 1.15. The summed E-state index contributed by atoms with van der Waals surface area (Å²) in [5, 5.41) is 1.71. The predicted octanol–water partition coefficient (Wildman–Crippen LogP) is 2.65. The topological polar surface area (TPSA) is 72.5 Å². The first kappa shape index (κ1) is 15.5. The molecule has 0 unspecified atom stereocenters. The van der Waals surface area contributed by atoms with Crippen molar-refractivity contribution in [2.75, 3.05) is 11.3 Å². The summed E-state index contributed by atoms with van der Waals surface area (Å²) in [4.78, 5) is 11.3. The lowest BCUT2D eigenvalue weighted by atomic mass is 10.1. The summed E-state index contributed by atoms with van der Waals surface area (Å²) in [5.74, 6) is -0.301. The van der Waals surface area contributed by atoms with Crippen LogP contribution in [0.1, 0.15) is 12.5 Å². The summed E-state index contributed by atoms with van der Waals surface area (Å²) in [6, 6.07) is 9.87. The molecule has 21 heavy (non-hydrogen) atoms. The predicted molar refractivity (Wildman–Crippen MR) is 81.9 cm³/mol. The maximum absolute atomic E-state index is 12.0. The van der Waals surface area contributed by atoms with E-state index in [9.17, 15) is 13.2 Å². The van der Waals surface area contributed by atoms with Gasteiger partial charge in [-0.25, -0.2) is 8.42 Å². The van der Waals surface area contributed by atoms with Gasteiger partial charge in [-0.2, -0.15) is 0 Å². The van der Waals surface area contributed by atoms with Gasteiger partial charge >= 0.3 is 5.97 Å². The van der Waals surface area contributed by atoms with E-state index in [0.29, 0.717) is 12.3 Å². The van der Waals surface area contributed by atoms with Gasteiger partial charge in [0.15, 0.2) is 0 Å². The van der Waals surface area contributed by atoms with E-state index in [0.717, 1.165) is 16.9 Å². The number of anilines is 1. The van der Waals surface area contributed by atoms with Crippen LogP contribution in [0, 0.1) is 0 Å². The maximum atomic E-state index is 12.0. The van der Waals surface area contributed by atoms with Gasteiger partial charge < -0.3 is 4.74 Å². The third kappa shape index (κ3) is 4.30. The highest BCUT2D eigenvalue weighted by Gasteiger charge is 2.15. The van der Waals surface area contributed by atoms with Crippen molar-refractivity contribution < 1.29 is 17.9 Å². The Morgan fingerprint density at radius 2 is 1.95 bits per heavy atom. The van der Waals surface area contributed by atoms with Crippen molar-refractivity contribution in [1.29, 1.82) is 0 Å². The molecular formula is C14H15NO4S2. The fraction of sp³-hybridized carbons (Fsp3) is 0.214. The maximum Gasteiger partial charge on any atom is 0.310 e. The number of ether oxygens (including phenoxy) is 1. The molecule has 112 valence electrons. The van der Waals surface area contributed by atoms with Gasteiger partial charge in [-0.1, -0.05) is 18.2 Å². The molecule has 2 aromatic rings. The summed E-state index contributed by atoms with van der Waals surface area (Å²) in [5.41, 5.74) is 1.23. The molecule has 0 saturated carbocycles. The van der Waals surface area contributed by atoms with Crippen LogP contribution in [0.4, 0.5) is 5.69 Å². The molecule has 2 rings (SSSR count). The number of sulfonamides is 1. The van der Waals surface area contributed by atoms with E-state index in [-0.39, 0.29) is 16.6 Å². The molecule has 1 aromatic carbocycles. The van der Waals surface area contributed by atoms with Crippen molar-refractivity contribution in [2.24, 2.45) is 0 Å². The molecule has 0 aliphatic carbocycles. The van der Waals surface area contributed by atoms with E-state index in [1.165, 1.54) is 0 Å². The van der Waals surface area contributed by atoms with Crippen molar-refractivity contribution in [2.45, 2.75) is 17.6 Å². The highest BCUT2D eigenvalue weighted by Crippen LogP contribution is 2.20. The Balaban J connectivity index is 2.04. The van der Waals surface area contributed by atoms with E-state index in [1.54, 1.807) is 48.7 Å². The second-order valence-electron chi connectivity index (χ2n) is 4.22. The molecular weight excluding hydrogens is 310 g/mol. The van der Waals surface area contributed by atoms with Crippen molar-refractivity contribution in [3.63, 3.8) is 0 Å². The van der Waals surface area contributed by atoms with Gasteiger partial charge in [0.25, 0.3) is 10.0 Å². The van der Waals surface area contributed by atoms with Crippen LogP contribution < -0.4 is 4.72 Å². The third-order valence-electron chi connectivity index (χ3n) is 2.62. The third-order valence-corrected chi connectivity index (χ3v) is 5.40. The Kier molecular flexibility index (Phi) is 4.98. The van der Waals surface area contributed by atoms with Gasteiger partial charge in [0.2, 0.25) is 0 Å². The highest BCUT2D eigenvalue weighted by molar-refractivity contribution is 7.94. The average molecular weight is 325 g/mol. The normalized spacial score (nSPS) is 11.1. The Morgan fingerprint density at radius 3 is 2.52 bits per heavy atom. The molecule has 0 atom stereocenters. The van der Waals surface area contributed by atoms with E-state index in [4.69, 9.17) is 4.74 Å². The smallest absolute Gasteiger partial charge is 0.310 e. The molecule has 1 heterocycles. The largest absolute Gasteiger partial charge is 0.466 e. The lowest BCUT2D eigenvalue weighted by molar-refractivity contribution is -0.142. The average Bonchev–Trinajstić information content (AvgIpc) is 2.96. The lowest BCUT2D eigenvalue weighted by Crippen LogP contribution is -2.11. The van der Waals surface area contributed by atoms with E-state index in [1.807, 2.05) is 0 Å².